The molecule has 5 rings (SSSR count). The van der Waals surface area contributed by atoms with Gasteiger partial charge in [-0.05, 0) is 105 Å². The predicted octanol–water partition coefficient (Wildman–Crippen LogP) is 8.25. The smallest absolute Gasteiger partial charge is 0.194 e. The van der Waals surface area contributed by atoms with Crippen molar-refractivity contribution in [3.63, 3.8) is 0 Å². The lowest BCUT2D eigenvalue weighted by molar-refractivity contribution is -0.000906. The van der Waals surface area contributed by atoms with E-state index in [1.54, 1.807) is 32.0 Å². The molecule has 5 nitrogen and oxygen atoms in total. The molecule has 218 valence electrons. The minimum absolute atomic E-state index is 0.0635. The molecular weight excluding hydrogens is 600 g/mol. The van der Waals surface area contributed by atoms with E-state index in [2.05, 4.69) is 24.3 Å². The molecule has 2 atom stereocenters. The Balaban J connectivity index is 1.39. The van der Waals surface area contributed by atoms with Crippen molar-refractivity contribution in [2.75, 3.05) is 0 Å². The van der Waals surface area contributed by atoms with Crippen molar-refractivity contribution < 1.29 is 24.5 Å². The van der Waals surface area contributed by atoms with Crippen LogP contribution in [0.5, 0.6) is 11.5 Å². The molecule has 0 bridgehead atoms. The Labute approximate surface area is 263 Å². The molecule has 0 aromatic heterocycles. The number of ketones is 1. The summed E-state index contributed by atoms with van der Waals surface area (Å²) in [6, 6.07) is 38.3. The van der Waals surface area contributed by atoms with Crippen molar-refractivity contribution >= 4 is 40.0 Å². The first-order valence-corrected chi connectivity index (χ1v) is 16.0. The lowest BCUT2D eigenvalue weighted by Gasteiger charge is -2.12. The number of halogens is 1. The molecule has 0 aliphatic heterocycles. The summed E-state index contributed by atoms with van der Waals surface area (Å²) in [5.74, 6) is 1.11. The Bertz CT molecular complexity index is 1600. The van der Waals surface area contributed by atoms with E-state index in [1.165, 1.54) is 11.8 Å². The highest BCUT2D eigenvalue weighted by atomic mass is 35.5. The molecule has 0 aliphatic carbocycles. The van der Waals surface area contributed by atoms with Crippen LogP contribution in [0.3, 0.4) is 0 Å². The fourth-order valence-corrected chi connectivity index (χ4v) is 7.52. The van der Waals surface area contributed by atoms with Crippen LogP contribution < -0.4 is 9.47 Å². The normalized spacial score (nSPS) is 13.1. The van der Waals surface area contributed by atoms with Crippen molar-refractivity contribution in [3.05, 3.63) is 137 Å². The number of aliphatic hydroxyl groups excluding tert-OH is 2. The molecule has 2 N–H and O–H groups in total. The van der Waals surface area contributed by atoms with E-state index in [0.29, 0.717) is 27.6 Å². The molecule has 5 aromatic rings. The summed E-state index contributed by atoms with van der Waals surface area (Å²) >= 11 is 8.15. The number of aliphatic hydroxyl groups is 2. The molecule has 0 spiro atoms. The maximum absolute atomic E-state index is 12.8. The highest BCUT2D eigenvalue weighted by Crippen LogP contribution is 2.37. The number of carbonyl (C=O) groups excluding carboxylic acids is 1. The van der Waals surface area contributed by atoms with Crippen LogP contribution in [0.25, 0.3) is 0 Å². The highest BCUT2D eigenvalue weighted by molar-refractivity contribution is 7.99. The van der Waals surface area contributed by atoms with Crippen molar-refractivity contribution in [1.82, 2.24) is 0 Å². The number of hydrogen-bond acceptors (Lipinski definition) is 6. The molecule has 2 unspecified atom stereocenters. The van der Waals surface area contributed by atoms with Gasteiger partial charge in [0, 0.05) is 20.9 Å². The van der Waals surface area contributed by atoms with E-state index >= 15 is 0 Å². The third-order valence-electron chi connectivity index (χ3n) is 6.25. The molecule has 0 fully saturated rings. The van der Waals surface area contributed by atoms with Gasteiger partial charge in [0.1, 0.15) is 11.5 Å². The zero-order valence-corrected chi connectivity index (χ0v) is 25.9. The van der Waals surface area contributed by atoms with Crippen LogP contribution in [-0.2, 0) is 10.9 Å². The Morgan fingerprint density at radius 2 is 1.16 bits per heavy atom. The monoisotopic (exact) mass is 629 g/mol. The van der Waals surface area contributed by atoms with Crippen molar-refractivity contribution in [1.29, 1.82) is 0 Å². The lowest BCUT2D eigenvalue weighted by Crippen LogP contribution is -2.10. The molecule has 0 saturated carbocycles. The van der Waals surface area contributed by atoms with E-state index in [-0.39, 0.29) is 5.78 Å². The maximum atomic E-state index is 12.8. The SMILES string of the molecule is CC(O)Oc1ccc([S+](c2ccc(OC(C)O)cc2)c2ccc(Sc3ccc(C(=O)c4ccccc4)cc3Cl)cc2)cc1. The van der Waals surface area contributed by atoms with Gasteiger partial charge in [0.25, 0.3) is 0 Å². The third kappa shape index (κ3) is 8.02. The van der Waals surface area contributed by atoms with Gasteiger partial charge in [0.15, 0.2) is 33.0 Å². The van der Waals surface area contributed by atoms with Gasteiger partial charge in [-0.1, -0.05) is 53.7 Å². The van der Waals surface area contributed by atoms with Gasteiger partial charge >= 0.3 is 0 Å². The second-order valence-corrected chi connectivity index (χ2v) is 13.1. The number of rotatable bonds is 11. The van der Waals surface area contributed by atoms with Crippen molar-refractivity contribution in [2.24, 2.45) is 0 Å². The first kappa shape index (κ1) is 30.7. The Morgan fingerprint density at radius 3 is 1.63 bits per heavy atom. The van der Waals surface area contributed by atoms with Crippen LogP contribution in [0, 0.1) is 0 Å². The molecule has 0 aliphatic rings. The molecule has 8 heteroatoms. The fraction of sp³-hybridized carbons (Fsp3) is 0.114. The van der Waals surface area contributed by atoms with Gasteiger partial charge in [0.2, 0.25) is 0 Å². The van der Waals surface area contributed by atoms with E-state index < -0.39 is 23.5 Å². The quantitative estimate of drug-likeness (QED) is 0.0870. The van der Waals surface area contributed by atoms with Crippen LogP contribution in [0.1, 0.15) is 29.8 Å². The summed E-state index contributed by atoms with van der Waals surface area (Å²) < 4.78 is 10.8. The van der Waals surface area contributed by atoms with E-state index in [4.69, 9.17) is 21.1 Å². The minimum Gasteiger partial charge on any atom is -0.465 e. The van der Waals surface area contributed by atoms with E-state index in [0.717, 1.165) is 24.5 Å². The molecule has 5 aromatic carbocycles. The molecular formula is C35H30ClO5S2+. The summed E-state index contributed by atoms with van der Waals surface area (Å²) in [5, 5.41) is 19.7. The second-order valence-electron chi connectivity index (χ2n) is 9.60. The first-order chi connectivity index (χ1) is 20.8. The van der Waals surface area contributed by atoms with Gasteiger partial charge in [-0.2, -0.15) is 0 Å². The summed E-state index contributed by atoms with van der Waals surface area (Å²) in [5.41, 5.74) is 1.18. The summed E-state index contributed by atoms with van der Waals surface area (Å²) in [4.78, 5) is 18.0. The molecule has 43 heavy (non-hydrogen) atoms. The van der Waals surface area contributed by atoms with Crippen molar-refractivity contribution in [3.8, 4) is 11.5 Å². The largest absolute Gasteiger partial charge is 0.465 e. The predicted molar refractivity (Wildman–Crippen MR) is 172 cm³/mol. The summed E-state index contributed by atoms with van der Waals surface area (Å²) in [6.45, 7) is 3.14. The van der Waals surface area contributed by atoms with Gasteiger partial charge in [-0.25, -0.2) is 0 Å². The Hall–Kier alpha value is -3.72. The van der Waals surface area contributed by atoms with Gasteiger partial charge in [-0.3, -0.25) is 4.79 Å². The number of carbonyl (C=O) groups is 1. The Kier molecular flexibility index (Phi) is 10.1. The average Bonchev–Trinajstić information content (AvgIpc) is 3.00. The second kappa shape index (κ2) is 14.2. The zero-order chi connectivity index (χ0) is 30.3. The number of benzene rings is 5. The van der Waals surface area contributed by atoms with Crippen LogP contribution in [0.2, 0.25) is 5.02 Å². The average molecular weight is 630 g/mol. The molecule has 0 amide bonds. The standard InChI is InChI=1S/C35H30ClO5S2/c1-23(37)40-27-9-15-30(16-10-27)43(31-17-11-28(12-18-31)41-24(2)38)32-19-13-29(14-20-32)42-34-21-8-26(22-33(34)36)35(39)25-6-4-3-5-7-25/h3-24,37-38H,1-2H3/q+1. The first-order valence-electron chi connectivity index (χ1n) is 13.6. The molecule has 0 heterocycles. The topological polar surface area (TPSA) is 76.0 Å². The minimum atomic E-state index is -0.898. The lowest BCUT2D eigenvalue weighted by atomic mass is 10.0. The van der Waals surface area contributed by atoms with E-state index in [1.807, 2.05) is 78.9 Å². The van der Waals surface area contributed by atoms with Gasteiger partial charge in [-0.15, -0.1) is 0 Å². The van der Waals surface area contributed by atoms with Crippen LogP contribution >= 0.6 is 23.4 Å². The molecule has 0 saturated heterocycles. The maximum Gasteiger partial charge on any atom is 0.194 e. The summed E-state index contributed by atoms with van der Waals surface area (Å²) in [7, 11) is -0.451. The van der Waals surface area contributed by atoms with Crippen molar-refractivity contribution in [2.45, 2.75) is 50.9 Å². The van der Waals surface area contributed by atoms with E-state index in [9.17, 15) is 15.0 Å². The third-order valence-corrected chi connectivity index (χ3v) is 9.99. The van der Waals surface area contributed by atoms with Crippen LogP contribution in [-0.4, -0.2) is 28.6 Å². The highest BCUT2D eigenvalue weighted by Gasteiger charge is 2.29. The number of ether oxygens (including phenoxy) is 2. The zero-order valence-electron chi connectivity index (χ0n) is 23.5. The van der Waals surface area contributed by atoms with Gasteiger partial charge in [0.05, 0.1) is 15.9 Å². The van der Waals surface area contributed by atoms with Crippen LogP contribution in [0.15, 0.2) is 146 Å². The summed E-state index contributed by atoms with van der Waals surface area (Å²) in [6.07, 6.45) is -1.80. The number of hydrogen-bond donors (Lipinski definition) is 2. The molecule has 0 radical (unpaired) electrons. The Morgan fingerprint density at radius 1 is 0.674 bits per heavy atom. The van der Waals surface area contributed by atoms with Gasteiger partial charge < -0.3 is 19.7 Å². The van der Waals surface area contributed by atoms with Crippen LogP contribution in [0.4, 0.5) is 0 Å². The fourth-order valence-electron chi connectivity index (χ4n) is 4.36.